The fourth-order valence-corrected chi connectivity index (χ4v) is 2.47. The molecule has 1 unspecified atom stereocenters. The monoisotopic (exact) mass is 239 g/mol. The maximum atomic E-state index is 13.9. The van der Waals surface area contributed by atoms with Gasteiger partial charge in [-0.3, -0.25) is 0 Å². The van der Waals surface area contributed by atoms with Crippen LogP contribution in [-0.4, -0.2) is 37.3 Å². The quantitative estimate of drug-likeness (QED) is 0.853. The molecule has 1 N–H and O–H groups in total. The summed E-state index contributed by atoms with van der Waals surface area (Å²) >= 11 is 0. The Morgan fingerprint density at radius 2 is 2.24 bits per heavy atom. The van der Waals surface area contributed by atoms with E-state index in [1.54, 1.807) is 12.1 Å². The van der Waals surface area contributed by atoms with E-state index in [-0.39, 0.29) is 0 Å². The molecule has 3 nitrogen and oxygen atoms in total. The highest BCUT2D eigenvalue weighted by molar-refractivity contribution is 5.33. The molecule has 2 rings (SSSR count). The van der Waals surface area contributed by atoms with E-state index in [9.17, 15) is 9.50 Å². The van der Waals surface area contributed by atoms with Gasteiger partial charge >= 0.3 is 0 Å². The van der Waals surface area contributed by atoms with Crippen molar-refractivity contribution in [2.24, 2.45) is 0 Å². The van der Waals surface area contributed by atoms with Gasteiger partial charge in [0.1, 0.15) is 17.2 Å². The molecule has 4 heteroatoms. The molecule has 0 aliphatic carbocycles. The molecule has 1 heterocycles. The minimum Gasteiger partial charge on any atom is -0.497 e. The number of nitrogens with zero attached hydrogens (tertiary/aromatic N) is 1. The number of likely N-dealkylation sites (tertiary alicyclic amines) is 1. The molecule has 0 amide bonds. The molecule has 0 saturated carbocycles. The first-order chi connectivity index (χ1) is 8.05. The summed E-state index contributed by atoms with van der Waals surface area (Å²) in [5.74, 6) is 0.0705. The summed E-state index contributed by atoms with van der Waals surface area (Å²) < 4.78 is 18.9. The van der Waals surface area contributed by atoms with Gasteiger partial charge in [-0.05, 0) is 38.6 Å². The number of benzene rings is 1. The molecule has 1 atom stereocenters. The van der Waals surface area contributed by atoms with Crippen LogP contribution in [0.25, 0.3) is 0 Å². The van der Waals surface area contributed by atoms with Gasteiger partial charge in [0.25, 0.3) is 0 Å². The number of likely N-dealkylation sites (N-methyl/N-ethyl adjacent to an activating group) is 1. The minimum atomic E-state index is -1.08. The molecule has 0 bridgehead atoms. The summed E-state index contributed by atoms with van der Waals surface area (Å²) in [4.78, 5) is 2.02. The van der Waals surface area contributed by atoms with Gasteiger partial charge in [0.15, 0.2) is 0 Å². The van der Waals surface area contributed by atoms with Crippen LogP contribution in [0, 0.1) is 5.82 Å². The lowest BCUT2D eigenvalue weighted by Gasteiger charge is -2.37. The molecule has 0 aromatic heterocycles. The third-order valence-corrected chi connectivity index (χ3v) is 3.34. The van der Waals surface area contributed by atoms with Crippen LogP contribution >= 0.6 is 0 Å². The zero-order valence-electron chi connectivity index (χ0n) is 10.2. The van der Waals surface area contributed by atoms with E-state index in [0.29, 0.717) is 24.3 Å². The highest BCUT2D eigenvalue weighted by atomic mass is 19.1. The number of β-amino-alcohol motifs (C(OH)–C–C–N with tert-alkyl or cyclic N) is 1. The van der Waals surface area contributed by atoms with E-state index in [1.807, 2.05) is 11.9 Å². The first-order valence-corrected chi connectivity index (χ1v) is 5.80. The van der Waals surface area contributed by atoms with Gasteiger partial charge in [0.2, 0.25) is 0 Å². The largest absolute Gasteiger partial charge is 0.497 e. The molecule has 1 saturated heterocycles. The normalized spacial score (nSPS) is 25.9. The second kappa shape index (κ2) is 4.63. The summed E-state index contributed by atoms with van der Waals surface area (Å²) in [6.45, 7) is 1.41. The van der Waals surface area contributed by atoms with Gasteiger partial charge in [0.05, 0.1) is 7.11 Å². The van der Waals surface area contributed by atoms with Crippen LogP contribution in [0.15, 0.2) is 18.2 Å². The zero-order valence-corrected chi connectivity index (χ0v) is 10.2. The third kappa shape index (κ3) is 2.42. The second-order valence-corrected chi connectivity index (χ2v) is 4.72. The maximum Gasteiger partial charge on any atom is 0.133 e. The van der Waals surface area contributed by atoms with Crippen molar-refractivity contribution in [3.05, 3.63) is 29.6 Å². The van der Waals surface area contributed by atoms with Crippen LogP contribution in [0.3, 0.4) is 0 Å². The van der Waals surface area contributed by atoms with E-state index in [2.05, 4.69) is 0 Å². The molecule has 1 aliphatic rings. The second-order valence-electron chi connectivity index (χ2n) is 4.72. The number of aliphatic hydroxyl groups is 1. The van der Waals surface area contributed by atoms with Crippen molar-refractivity contribution in [3.8, 4) is 5.75 Å². The Morgan fingerprint density at radius 1 is 1.47 bits per heavy atom. The van der Waals surface area contributed by atoms with Crippen LogP contribution in [0.2, 0.25) is 0 Å². The predicted octanol–water partition coefficient (Wildman–Crippen LogP) is 1.75. The molecule has 1 aromatic carbocycles. The van der Waals surface area contributed by atoms with Gasteiger partial charge in [0, 0.05) is 18.2 Å². The van der Waals surface area contributed by atoms with Crippen LogP contribution < -0.4 is 4.74 Å². The summed E-state index contributed by atoms with van der Waals surface area (Å²) in [6, 6.07) is 4.63. The molecular weight excluding hydrogens is 221 g/mol. The zero-order chi connectivity index (χ0) is 12.5. The van der Waals surface area contributed by atoms with Gasteiger partial charge in [-0.15, -0.1) is 0 Å². The van der Waals surface area contributed by atoms with E-state index >= 15 is 0 Å². The summed E-state index contributed by atoms with van der Waals surface area (Å²) in [7, 11) is 3.43. The van der Waals surface area contributed by atoms with E-state index in [1.165, 1.54) is 13.2 Å². The number of rotatable bonds is 2. The summed E-state index contributed by atoms with van der Waals surface area (Å²) in [5, 5.41) is 10.5. The Bertz CT molecular complexity index is 410. The molecule has 1 aromatic rings. The van der Waals surface area contributed by atoms with Crippen LogP contribution in [-0.2, 0) is 5.60 Å². The Kier molecular flexibility index (Phi) is 3.35. The molecule has 17 heavy (non-hydrogen) atoms. The van der Waals surface area contributed by atoms with Gasteiger partial charge < -0.3 is 14.7 Å². The lowest BCUT2D eigenvalue weighted by atomic mass is 9.85. The average Bonchev–Trinajstić information content (AvgIpc) is 2.28. The van der Waals surface area contributed by atoms with Crippen molar-refractivity contribution >= 4 is 0 Å². The smallest absolute Gasteiger partial charge is 0.133 e. The lowest BCUT2D eigenvalue weighted by molar-refractivity contribution is -0.0303. The number of piperidine rings is 1. The number of methoxy groups -OCH3 is 1. The number of hydrogen-bond acceptors (Lipinski definition) is 3. The highest BCUT2D eigenvalue weighted by Crippen LogP contribution is 2.33. The van der Waals surface area contributed by atoms with Crippen molar-refractivity contribution in [1.82, 2.24) is 4.90 Å². The Labute approximate surface area is 101 Å². The van der Waals surface area contributed by atoms with Crippen molar-refractivity contribution in [1.29, 1.82) is 0 Å². The minimum absolute atomic E-state index is 0.366. The molecule has 0 spiro atoms. The molecular formula is C13H18FNO2. The Morgan fingerprint density at radius 3 is 2.82 bits per heavy atom. The fourth-order valence-electron chi connectivity index (χ4n) is 2.47. The van der Waals surface area contributed by atoms with Gasteiger partial charge in [-0.2, -0.15) is 0 Å². The average molecular weight is 239 g/mol. The first kappa shape index (κ1) is 12.3. The first-order valence-electron chi connectivity index (χ1n) is 5.80. The maximum absolute atomic E-state index is 13.9. The molecule has 0 radical (unpaired) electrons. The third-order valence-electron chi connectivity index (χ3n) is 3.34. The van der Waals surface area contributed by atoms with Crippen LogP contribution in [0.4, 0.5) is 4.39 Å². The lowest BCUT2D eigenvalue weighted by Crippen LogP contribution is -2.44. The molecule has 1 aliphatic heterocycles. The van der Waals surface area contributed by atoms with Crippen LogP contribution in [0.1, 0.15) is 18.4 Å². The fraction of sp³-hybridized carbons (Fsp3) is 0.538. The summed E-state index contributed by atoms with van der Waals surface area (Å²) in [6.07, 6.45) is 1.47. The SMILES string of the molecule is COc1ccc(C2(O)CCCN(C)C2)c(F)c1. The van der Waals surface area contributed by atoms with Crippen molar-refractivity contribution in [2.75, 3.05) is 27.2 Å². The number of halogens is 1. The number of hydrogen-bond donors (Lipinski definition) is 1. The van der Waals surface area contributed by atoms with Crippen molar-refractivity contribution in [2.45, 2.75) is 18.4 Å². The van der Waals surface area contributed by atoms with E-state index in [4.69, 9.17) is 4.74 Å². The van der Waals surface area contributed by atoms with Crippen LogP contribution in [0.5, 0.6) is 5.75 Å². The molecule has 94 valence electrons. The van der Waals surface area contributed by atoms with Crippen molar-refractivity contribution < 1.29 is 14.2 Å². The van der Waals surface area contributed by atoms with E-state index < -0.39 is 11.4 Å². The van der Waals surface area contributed by atoms with E-state index in [0.717, 1.165) is 13.0 Å². The summed E-state index contributed by atoms with van der Waals surface area (Å²) in [5.41, 5.74) is -0.714. The van der Waals surface area contributed by atoms with Crippen molar-refractivity contribution in [3.63, 3.8) is 0 Å². The van der Waals surface area contributed by atoms with Gasteiger partial charge in [-0.1, -0.05) is 0 Å². The standard InChI is InChI=1S/C13H18FNO2/c1-15-7-3-6-13(16,9-15)11-5-4-10(17-2)8-12(11)14/h4-5,8,16H,3,6-7,9H2,1-2H3. The Hall–Kier alpha value is -1.13. The predicted molar refractivity (Wildman–Crippen MR) is 63.6 cm³/mol. The number of ether oxygens (including phenoxy) is 1. The van der Waals surface area contributed by atoms with Gasteiger partial charge in [-0.25, -0.2) is 4.39 Å². The Balaban J connectivity index is 2.32. The topological polar surface area (TPSA) is 32.7 Å². The molecule has 1 fully saturated rings. The highest BCUT2D eigenvalue weighted by Gasteiger charge is 2.35.